The fraction of sp³-hybridized carbons (Fsp3) is 0.333. The minimum Gasteiger partial charge on any atom is -0.496 e. The van der Waals surface area contributed by atoms with E-state index in [9.17, 15) is 0 Å². The molecule has 2 rings (SSSR count). The second-order valence-corrected chi connectivity index (χ2v) is 5.57. The zero-order valence-electron chi connectivity index (χ0n) is 12.6. The first kappa shape index (κ1) is 15.9. The highest BCUT2D eigenvalue weighted by Gasteiger charge is 2.14. The molecule has 0 aliphatic rings. The summed E-state index contributed by atoms with van der Waals surface area (Å²) in [5.41, 5.74) is 9.58. The Morgan fingerprint density at radius 3 is 2.57 bits per heavy atom. The number of methoxy groups -OCH3 is 1. The van der Waals surface area contributed by atoms with Gasteiger partial charge in [0.1, 0.15) is 5.75 Å². The highest BCUT2D eigenvalue weighted by atomic mass is 35.5. The van der Waals surface area contributed by atoms with Crippen LogP contribution in [0.15, 0.2) is 42.5 Å². The van der Waals surface area contributed by atoms with Crippen LogP contribution in [0.2, 0.25) is 5.02 Å². The number of hydrogen-bond acceptors (Lipinski definition) is 2. The summed E-state index contributed by atoms with van der Waals surface area (Å²) in [5, 5.41) is 0.789. The highest BCUT2D eigenvalue weighted by molar-refractivity contribution is 6.31. The summed E-state index contributed by atoms with van der Waals surface area (Å²) in [6, 6.07) is 14.3. The summed E-state index contributed by atoms with van der Waals surface area (Å²) in [6.45, 7) is 2.72. The molecule has 1 unspecified atom stereocenters. The van der Waals surface area contributed by atoms with Gasteiger partial charge >= 0.3 is 0 Å². The smallest absolute Gasteiger partial charge is 0.122 e. The van der Waals surface area contributed by atoms with Gasteiger partial charge in [-0.1, -0.05) is 48.9 Å². The third-order valence-electron chi connectivity index (χ3n) is 3.84. The molecule has 0 saturated heterocycles. The first-order valence-corrected chi connectivity index (χ1v) is 7.67. The molecule has 112 valence electrons. The van der Waals surface area contributed by atoms with E-state index in [1.54, 1.807) is 7.11 Å². The molecular weight excluding hydrogens is 282 g/mol. The molecule has 0 spiro atoms. The van der Waals surface area contributed by atoms with Crippen LogP contribution in [0.3, 0.4) is 0 Å². The molecule has 1 atom stereocenters. The molecule has 2 nitrogen and oxygen atoms in total. The van der Waals surface area contributed by atoms with Crippen LogP contribution in [-0.2, 0) is 12.8 Å². The Labute approximate surface area is 131 Å². The fourth-order valence-corrected chi connectivity index (χ4v) is 2.94. The minimum absolute atomic E-state index is 0.233. The second kappa shape index (κ2) is 7.48. The zero-order valence-corrected chi connectivity index (χ0v) is 13.4. The lowest BCUT2D eigenvalue weighted by Crippen LogP contribution is -2.15. The lowest BCUT2D eigenvalue weighted by Gasteiger charge is -2.18. The van der Waals surface area contributed by atoms with Crippen molar-refractivity contribution < 1.29 is 4.74 Å². The van der Waals surface area contributed by atoms with Crippen LogP contribution in [0.5, 0.6) is 5.75 Å². The summed E-state index contributed by atoms with van der Waals surface area (Å²) in [6.07, 6.45) is 1.84. The first-order valence-electron chi connectivity index (χ1n) is 7.29. The van der Waals surface area contributed by atoms with Gasteiger partial charge in [-0.15, -0.1) is 0 Å². The van der Waals surface area contributed by atoms with Gasteiger partial charge in [0.25, 0.3) is 0 Å². The predicted octanol–water partition coefficient (Wildman–Crippen LogP) is 4.20. The highest BCUT2D eigenvalue weighted by Crippen LogP contribution is 2.28. The minimum atomic E-state index is 0.233. The number of nitrogens with two attached hydrogens (primary N) is 1. The molecule has 0 saturated carbocycles. The van der Waals surface area contributed by atoms with E-state index in [1.165, 1.54) is 11.1 Å². The van der Waals surface area contributed by atoms with E-state index < -0.39 is 0 Å². The summed E-state index contributed by atoms with van der Waals surface area (Å²) in [5.74, 6) is 1.18. The molecule has 0 heterocycles. The third-order valence-corrected chi connectivity index (χ3v) is 4.18. The maximum Gasteiger partial charge on any atom is 0.122 e. The third kappa shape index (κ3) is 3.78. The SMILES string of the molecule is CCc1cc(CC(CN)c2ccccc2Cl)ccc1OC. The van der Waals surface area contributed by atoms with E-state index in [-0.39, 0.29) is 5.92 Å². The standard InChI is InChI=1S/C18H22ClNO/c1-3-14-10-13(8-9-18(14)21-2)11-15(12-20)16-6-4-5-7-17(16)19/h4-10,15H,3,11-12,20H2,1-2H3. The summed E-state index contributed by atoms with van der Waals surface area (Å²) < 4.78 is 5.38. The van der Waals surface area contributed by atoms with Crippen LogP contribution < -0.4 is 10.5 Å². The summed E-state index contributed by atoms with van der Waals surface area (Å²) in [4.78, 5) is 0. The van der Waals surface area contributed by atoms with Gasteiger partial charge < -0.3 is 10.5 Å². The summed E-state index contributed by atoms with van der Waals surface area (Å²) in [7, 11) is 1.71. The van der Waals surface area contributed by atoms with E-state index in [2.05, 4.69) is 25.1 Å². The van der Waals surface area contributed by atoms with Gasteiger partial charge in [-0.3, -0.25) is 0 Å². The molecule has 0 bridgehead atoms. The Bertz CT molecular complexity index is 598. The Kier molecular flexibility index (Phi) is 5.66. The molecular formula is C18H22ClNO. The van der Waals surface area contributed by atoms with Crippen molar-refractivity contribution in [1.82, 2.24) is 0 Å². The first-order chi connectivity index (χ1) is 10.2. The second-order valence-electron chi connectivity index (χ2n) is 5.16. The van der Waals surface area contributed by atoms with Crippen molar-refractivity contribution in [1.29, 1.82) is 0 Å². The molecule has 2 aromatic carbocycles. The lowest BCUT2D eigenvalue weighted by atomic mass is 9.91. The molecule has 2 aromatic rings. The van der Waals surface area contributed by atoms with Gasteiger partial charge in [-0.05, 0) is 48.2 Å². The largest absolute Gasteiger partial charge is 0.496 e. The topological polar surface area (TPSA) is 35.2 Å². The molecule has 0 radical (unpaired) electrons. The van der Waals surface area contributed by atoms with Crippen LogP contribution >= 0.6 is 11.6 Å². The summed E-state index contributed by atoms with van der Waals surface area (Å²) >= 11 is 6.29. The number of hydrogen-bond donors (Lipinski definition) is 1. The van der Waals surface area contributed by atoms with Gasteiger partial charge in [0.15, 0.2) is 0 Å². The van der Waals surface area contributed by atoms with Crippen molar-refractivity contribution in [3.63, 3.8) is 0 Å². The van der Waals surface area contributed by atoms with Gasteiger partial charge in [0.2, 0.25) is 0 Å². The van der Waals surface area contributed by atoms with Crippen molar-refractivity contribution >= 4 is 11.6 Å². The Morgan fingerprint density at radius 1 is 1.19 bits per heavy atom. The fourth-order valence-electron chi connectivity index (χ4n) is 2.65. The van der Waals surface area contributed by atoms with E-state index in [0.29, 0.717) is 6.54 Å². The van der Waals surface area contributed by atoms with Crippen LogP contribution in [0.4, 0.5) is 0 Å². The monoisotopic (exact) mass is 303 g/mol. The Balaban J connectivity index is 2.25. The zero-order chi connectivity index (χ0) is 15.2. The van der Waals surface area contributed by atoms with Gasteiger partial charge in [-0.2, -0.15) is 0 Å². The Hall–Kier alpha value is -1.51. The van der Waals surface area contributed by atoms with Crippen LogP contribution in [0, 0.1) is 0 Å². The van der Waals surface area contributed by atoms with E-state index in [4.69, 9.17) is 22.1 Å². The van der Waals surface area contributed by atoms with E-state index >= 15 is 0 Å². The predicted molar refractivity (Wildman–Crippen MR) is 89.3 cm³/mol. The van der Waals surface area contributed by atoms with Crippen molar-refractivity contribution in [2.24, 2.45) is 5.73 Å². The van der Waals surface area contributed by atoms with E-state index in [1.807, 2.05) is 24.3 Å². The van der Waals surface area contributed by atoms with E-state index in [0.717, 1.165) is 29.2 Å². The normalized spacial score (nSPS) is 12.2. The maximum absolute atomic E-state index is 6.29. The molecule has 3 heteroatoms. The number of benzene rings is 2. The molecule has 21 heavy (non-hydrogen) atoms. The van der Waals surface area contributed by atoms with Crippen LogP contribution in [0.25, 0.3) is 0 Å². The number of aryl methyl sites for hydroxylation is 1. The van der Waals surface area contributed by atoms with Crippen molar-refractivity contribution in [3.8, 4) is 5.75 Å². The number of ether oxygens (including phenoxy) is 1. The average molecular weight is 304 g/mol. The quantitative estimate of drug-likeness (QED) is 0.868. The number of rotatable bonds is 6. The van der Waals surface area contributed by atoms with Crippen molar-refractivity contribution in [3.05, 3.63) is 64.2 Å². The molecule has 0 aliphatic carbocycles. The molecule has 2 N–H and O–H groups in total. The molecule has 0 amide bonds. The van der Waals surface area contributed by atoms with Gasteiger partial charge in [0, 0.05) is 10.9 Å². The van der Waals surface area contributed by atoms with Crippen molar-refractivity contribution in [2.45, 2.75) is 25.7 Å². The maximum atomic E-state index is 6.29. The van der Waals surface area contributed by atoms with Gasteiger partial charge in [0.05, 0.1) is 7.11 Å². The molecule has 0 aromatic heterocycles. The molecule has 0 aliphatic heterocycles. The van der Waals surface area contributed by atoms with Crippen LogP contribution in [-0.4, -0.2) is 13.7 Å². The van der Waals surface area contributed by atoms with Crippen molar-refractivity contribution in [2.75, 3.05) is 13.7 Å². The van der Waals surface area contributed by atoms with Crippen LogP contribution in [0.1, 0.15) is 29.5 Å². The average Bonchev–Trinajstić information content (AvgIpc) is 2.53. The molecule has 0 fully saturated rings. The Morgan fingerprint density at radius 2 is 1.95 bits per heavy atom. The lowest BCUT2D eigenvalue weighted by molar-refractivity contribution is 0.410. The number of halogens is 1. The van der Waals surface area contributed by atoms with Gasteiger partial charge in [-0.25, -0.2) is 0 Å².